The third-order valence-electron chi connectivity index (χ3n) is 3.89. The Morgan fingerprint density at radius 3 is 2.60 bits per heavy atom. The summed E-state index contributed by atoms with van der Waals surface area (Å²) in [7, 11) is 0. The van der Waals surface area contributed by atoms with Crippen molar-refractivity contribution in [3.05, 3.63) is 29.8 Å². The quantitative estimate of drug-likeness (QED) is 0.842. The third-order valence-corrected chi connectivity index (χ3v) is 3.89. The van der Waals surface area contributed by atoms with E-state index in [2.05, 4.69) is 13.0 Å². The van der Waals surface area contributed by atoms with Crippen molar-refractivity contribution in [2.45, 2.75) is 52.1 Å². The van der Waals surface area contributed by atoms with Crippen LogP contribution < -0.4 is 4.74 Å². The second-order valence-electron chi connectivity index (χ2n) is 5.50. The van der Waals surface area contributed by atoms with Crippen LogP contribution in [0.4, 0.5) is 0 Å². The first-order chi connectivity index (χ1) is 9.70. The molecule has 0 spiro atoms. The molecule has 2 rings (SSSR count). The molecule has 1 aromatic rings. The highest BCUT2D eigenvalue weighted by Gasteiger charge is 2.22. The van der Waals surface area contributed by atoms with Gasteiger partial charge in [-0.1, -0.05) is 31.9 Å². The number of nitrogens with zero attached hydrogens (tertiary/aromatic N) is 1. The van der Waals surface area contributed by atoms with Crippen molar-refractivity contribution in [1.29, 1.82) is 0 Å². The summed E-state index contributed by atoms with van der Waals surface area (Å²) in [4.78, 5) is 14.4. The molecule has 110 valence electrons. The lowest BCUT2D eigenvalue weighted by Crippen LogP contribution is -2.41. The van der Waals surface area contributed by atoms with Crippen LogP contribution in [-0.2, 0) is 11.2 Å². The zero-order chi connectivity index (χ0) is 14.4. The maximum Gasteiger partial charge on any atom is 0.263 e. The number of carbonyl (C=O) groups is 1. The van der Waals surface area contributed by atoms with Crippen LogP contribution in [0.5, 0.6) is 5.75 Å². The highest BCUT2D eigenvalue weighted by atomic mass is 16.5. The average Bonchev–Trinajstić information content (AvgIpc) is 2.75. The Balaban J connectivity index is 1.95. The van der Waals surface area contributed by atoms with Crippen LogP contribution in [0.3, 0.4) is 0 Å². The third kappa shape index (κ3) is 3.99. The van der Waals surface area contributed by atoms with E-state index in [9.17, 15) is 4.79 Å². The number of hydrogen-bond acceptors (Lipinski definition) is 2. The van der Waals surface area contributed by atoms with Gasteiger partial charge in [0.15, 0.2) is 6.10 Å². The van der Waals surface area contributed by atoms with Gasteiger partial charge in [-0.15, -0.1) is 0 Å². The van der Waals surface area contributed by atoms with Crippen LogP contribution in [0.1, 0.15) is 45.1 Å². The minimum Gasteiger partial charge on any atom is -0.481 e. The van der Waals surface area contributed by atoms with Gasteiger partial charge in [-0.3, -0.25) is 4.79 Å². The fraction of sp³-hybridized carbons (Fsp3) is 0.588. The van der Waals surface area contributed by atoms with E-state index < -0.39 is 6.10 Å². The largest absolute Gasteiger partial charge is 0.481 e. The van der Waals surface area contributed by atoms with Gasteiger partial charge in [0.25, 0.3) is 5.91 Å². The van der Waals surface area contributed by atoms with E-state index in [1.807, 2.05) is 30.0 Å². The topological polar surface area (TPSA) is 29.5 Å². The lowest BCUT2D eigenvalue weighted by molar-refractivity contribution is -0.137. The van der Waals surface area contributed by atoms with Gasteiger partial charge in [-0.25, -0.2) is 0 Å². The Kier molecular flexibility index (Phi) is 5.45. The zero-order valence-corrected chi connectivity index (χ0v) is 12.6. The number of ether oxygens (including phenoxy) is 1. The maximum absolute atomic E-state index is 12.4. The van der Waals surface area contributed by atoms with E-state index in [0.717, 1.165) is 38.1 Å². The van der Waals surface area contributed by atoms with E-state index in [4.69, 9.17) is 4.74 Å². The van der Waals surface area contributed by atoms with Gasteiger partial charge < -0.3 is 9.64 Å². The number of benzene rings is 1. The summed E-state index contributed by atoms with van der Waals surface area (Å²) in [6, 6.07) is 8.00. The normalized spacial score (nSPS) is 17.4. The van der Waals surface area contributed by atoms with Crippen LogP contribution in [-0.4, -0.2) is 30.0 Å². The molecule has 0 aromatic heterocycles. The molecule has 1 heterocycles. The van der Waals surface area contributed by atoms with Gasteiger partial charge in [0.05, 0.1) is 0 Å². The predicted octanol–water partition coefficient (Wildman–Crippen LogP) is 3.42. The highest BCUT2D eigenvalue weighted by molar-refractivity contribution is 5.80. The molecule has 20 heavy (non-hydrogen) atoms. The molecule has 3 nitrogen and oxygen atoms in total. The molecule has 1 aliphatic rings. The van der Waals surface area contributed by atoms with E-state index in [0.29, 0.717) is 0 Å². The van der Waals surface area contributed by atoms with Gasteiger partial charge >= 0.3 is 0 Å². The lowest BCUT2D eigenvalue weighted by atomic mass is 10.2. The fourth-order valence-corrected chi connectivity index (χ4v) is 2.64. The van der Waals surface area contributed by atoms with Gasteiger partial charge in [0.1, 0.15) is 5.75 Å². The fourth-order valence-electron chi connectivity index (χ4n) is 2.64. The molecule has 3 heteroatoms. The Bertz CT molecular complexity index is 436. The zero-order valence-electron chi connectivity index (χ0n) is 12.6. The number of carbonyl (C=O) groups excluding carboxylic acids is 1. The summed E-state index contributed by atoms with van der Waals surface area (Å²) < 4.78 is 5.82. The lowest BCUT2D eigenvalue weighted by Gasteiger charge is -2.24. The summed E-state index contributed by atoms with van der Waals surface area (Å²) in [5.41, 5.74) is 1.23. The molecule has 0 N–H and O–H groups in total. The molecule has 0 radical (unpaired) electrons. The molecular formula is C17H25NO2. The molecule has 0 saturated carbocycles. The molecule has 1 unspecified atom stereocenters. The van der Waals surface area contributed by atoms with Gasteiger partial charge in [0.2, 0.25) is 0 Å². The number of likely N-dealkylation sites (tertiary alicyclic amines) is 1. The standard InChI is InChI=1S/C17H25NO2/c1-3-15-9-8-10-16(13-15)20-14(2)17(19)18-11-6-4-5-7-12-18/h8-10,13-14H,3-7,11-12H2,1-2H3. The van der Waals surface area contributed by atoms with Crippen molar-refractivity contribution in [1.82, 2.24) is 4.90 Å². The van der Waals surface area contributed by atoms with Gasteiger partial charge in [0, 0.05) is 13.1 Å². The van der Waals surface area contributed by atoms with Crippen LogP contribution >= 0.6 is 0 Å². The van der Waals surface area contributed by atoms with Crippen molar-refractivity contribution in [2.24, 2.45) is 0 Å². The average molecular weight is 275 g/mol. The van der Waals surface area contributed by atoms with Crippen LogP contribution in [0.25, 0.3) is 0 Å². The molecular weight excluding hydrogens is 250 g/mol. The molecule has 1 saturated heterocycles. The predicted molar refractivity (Wildman–Crippen MR) is 81.0 cm³/mol. The van der Waals surface area contributed by atoms with E-state index in [-0.39, 0.29) is 5.91 Å². The number of amides is 1. The Hall–Kier alpha value is -1.51. The first-order valence-corrected chi connectivity index (χ1v) is 7.75. The number of rotatable bonds is 4. The van der Waals surface area contributed by atoms with Gasteiger partial charge in [-0.2, -0.15) is 0 Å². The monoisotopic (exact) mass is 275 g/mol. The van der Waals surface area contributed by atoms with Crippen molar-refractivity contribution in [2.75, 3.05) is 13.1 Å². The summed E-state index contributed by atoms with van der Waals surface area (Å²) in [5, 5.41) is 0. The van der Waals surface area contributed by atoms with Crippen molar-refractivity contribution in [3.8, 4) is 5.75 Å². The summed E-state index contributed by atoms with van der Waals surface area (Å²) in [6.07, 6.45) is 5.27. The maximum atomic E-state index is 12.4. The SMILES string of the molecule is CCc1cccc(OC(C)C(=O)N2CCCCCC2)c1. The summed E-state index contributed by atoms with van der Waals surface area (Å²) in [5.74, 6) is 0.911. The van der Waals surface area contributed by atoms with Crippen molar-refractivity contribution in [3.63, 3.8) is 0 Å². The summed E-state index contributed by atoms with van der Waals surface area (Å²) >= 11 is 0. The molecule has 1 aliphatic heterocycles. The van der Waals surface area contributed by atoms with Crippen LogP contribution in [0, 0.1) is 0 Å². The molecule has 1 atom stereocenters. The second-order valence-corrected chi connectivity index (χ2v) is 5.50. The van der Waals surface area contributed by atoms with Crippen LogP contribution in [0.2, 0.25) is 0 Å². The van der Waals surface area contributed by atoms with Crippen molar-refractivity contribution < 1.29 is 9.53 Å². The molecule has 1 fully saturated rings. The summed E-state index contributed by atoms with van der Waals surface area (Å²) in [6.45, 7) is 5.72. The van der Waals surface area contributed by atoms with E-state index in [1.165, 1.54) is 18.4 Å². The Labute approximate surface area is 121 Å². The second kappa shape index (κ2) is 7.32. The number of aryl methyl sites for hydroxylation is 1. The first kappa shape index (κ1) is 14.9. The van der Waals surface area contributed by atoms with Gasteiger partial charge in [-0.05, 0) is 43.9 Å². The smallest absolute Gasteiger partial charge is 0.263 e. The minimum absolute atomic E-state index is 0.119. The Morgan fingerprint density at radius 2 is 1.95 bits per heavy atom. The van der Waals surface area contributed by atoms with E-state index >= 15 is 0 Å². The van der Waals surface area contributed by atoms with E-state index in [1.54, 1.807) is 0 Å². The van der Waals surface area contributed by atoms with Crippen LogP contribution in [0.15, 0.2) is 24.3 Å². The first-order valence-electron chi connectivity index (χ1n) is 7.75. The van der Waals surface area contributed by atoms with Crippen molar-refractivity contribution >= 4 is 5.91 Å². The molecule has 1 aromatic carbocycles. The Morgan fingerprint density at radius 1 is 1.25 bits per heavy atom. The molecule has 0 aliphatic carbocycles. The molecule has 0 bridgehead atoms. The molecule has 1 amide bonds. The minimum atomic E-state index is -0.403. The number of hydrogen-bond donors (Lipinski definition) is 0. The highest BCUT2D eigenvalue weighted by Crippen LogP contribution is 2.17.